The van der Waals surface area contributed by atoms with Crippen molar-refractivity contribution in [3.8, 4) is 17.5 Å². The molecule has 0 spiro atoms. The van der Waals surface area contributed by atoms with Gasteiger partial charge in [-0.25, -0.2) is 17.9 Å². The van der Waals surface area contributed by atoms with Crippen LogP contribution in [-0.2, 0) is 10.0 Å². The average Bonchev–Trinajstić information content (AvgIpc) is 2.60. The number of nitrogens with one attached hydrogen (secondary N) is 2. The lowest BCUT2D eigenvalue weighted by atomic mass is 10.3. The van der Waals surface area contributed by atoms with Crippen LogP contribution in [0.3, 0.4) is 0 Å². The molecule has 27 heavy (non-hydrogen) atoms. The average molecular weight is 397 g/mol. The van der Waals surface area contributed by atoms with Crippen LogP contribution in [0.15, 0.2) is 23.1 Å². The highest BCUT2D eigenvalue weighted by atomic mass is 32.2. The zero-order chi connectivity index (χ0) is 20.0. The van der Waals surface area contributed by atoms with Gasteiger partial charge in [0.1, 0.15) is 10.7 Å². The van der Waals surface area contributed by atoms with E-state index in [1.807, 2.05) is 4.72 Å². The van der Waals surface area contributed by atoms with Crippen LogP contribution in [0, 0.1) is 6.92 Å². The van der Waals surface area contributed by atoms with E-state index in [0.717, 1.165) is 0 Å². The Bertz CT molecular complexity index is 934. The largest absolute Gasteiger partial charge is 0.492 e. The van der Waals surface area contributed by atoms with Crippen molar-refractivity contribution in [3.63, 3.8) is 0 Å². The number of ether oxygens (including phenoxy) is 3. The van der Waals surface area contributed by atoms with Gasteiger partial charge in [-0.3, -0.25) is 5.32 Å². The summed E-state index contributed by atoms with van der Waals surface area (Å²) in [5, 5.41) is 2.22. The van der Waals surface area contributed by atoms with Crippen molar-refractivity contribution in [2.45, 2.75) is 18.7 Å². The minimum atomic E-state index is -4.26. The number of urea groups is 1. The molecule has 2 N–H and O–H groups in total. The van der Waals surface area contributed by atoms with E-state index in [9.17, 15) is 13.2 Å². The third-order valence-corrected chi connectivity index (χ3v) is 4.45. The number of nitrogens with zero attached hydrogens (tertiary/aromatic N) is 3. The lowest BCUT2D eigenvalue weighted by molar-refractivity contribution is 0.256. The molecule has 12 heteroatoms. The van der Waals surface area contributed by atoms with Crippen molar-refractivity contribution in [2.75, 3.05) is 26.1 Å². The zero-order valence-corrected chi connectivity index (χ0v) is 16.0. The van der Waals surface area contributed by atoms with Gasteiger partial charge in [-0.2, -0.15) is 15.0 Å². The van der Waals surface area contributed by atoms with Gasteiger partial charge in [0.25, 0.3) is 10.0 Å². The molecule has 2 amide bonds. The van der Waals surface area contributed by atoms with E-state index in [1.54, 1.807) is 19.9 Å². The standard InChI is InChI=1S/C15H19N5O6S/c1-5-26-10-7-6-8-11(12(10)24-3)27(22,23)20-14(21)18-13-16-9(2)17-15(19-13)25-4/h6-8H,5H2,1-4H3,(H2,16,17,18,19,20,21). The Morgan fingerprint density at radius 2 is 1.89 bits per heavy atom. The fourth-order valence-corrected chi connectivity index (χ4v) is 3.18. The molecule has 0 atom stereocenters. The summed E-state index contributed by atoms with van der Waals surface area (Å²) in [7, 11) is -1.61. The van der Waals surface area contributed by atoms with Crippen molar-refractivity contribution in [1.82, 2.24) is 19.7 Å². The maximum Gasteiger partial charge on any atom is 0.335 e. The molecule has 0 unspecified atom stereocenters. The number of hydrogen-bond donors (Lipinski definition) is 2. The molecule has 0 aliphatic rings. The minimum absolute atomic E-state index is 0.0164. The highest BCUT2D eigenvalue weighted by Gasteiger charge is 2.25. The number of methoxy groups -OCH3 is 2. The second kappa shape index (κ2) is 8.49. The van der Waals surface area contributed by atoms with Gasteiger partial charge in [0.05, 0.1) is 20.8 Å². The Labute approximate surface area is 156 Å². The van der Waals surface area contributed by atoms with Crippen molar-refractivity contribution >= 4 is 22.0 Å². The molecular formula is C15H19N5O6S. The Hall–Kier alpha value is -3.15. The van der Waals surface area contributed by atoms with Crippen LogP contribution in [-0.4, -0.2) is 50.2 Å². The lowest BCUT2D eigenvalue weighted by Gasteiger charge is -2.14. The number of aryl methyl sites for hydroxylation is 1. The monoisotopic (exact) mass is 397 g/mol. The number of rotatable bonds is 7. The van der Waals surface area contributed by atoms with Crippen LogP contribution >= 0.6 is 0 Å². The number of aromatic nitrogens is 3. The summed E-state index contributed by atoms with van der Waals surface area (Å²) < 4.78 is 42.4. The summed E-state index contributed by atoms with van der Waals surface area (Å²) in [6.07, 6.45) is 0. The molecule has 0 aliphatic carbocycles. The van der Waals surface area contributed by atoms with Gasteiger partial charge in [-0.05, 0) is 26.0 Å². The van der Waals surface area contributed by atoms with Gasteiger partial charge < -0.3 is 14.2 Å². The van der Waals surface area contributed by atoms with Gasteiger partial charge >= 0.3 is 12.0 Å². The Kier molecular flexibility index (Phi) is 6.34. The molecule has 0 radical (unpaired) electrons. The Balaban J connectivity index is 2.25. The third-order valence-electron chi connectivity index (χ3n) is 3.10. The Morgan fingerprint density at radius 1 is 1.15 bits per heavy atom. The summed E-state index contributed by atoms with van der Waals surface area (Å²) in [5.41, 5.74) is 0. The van der Waals surface area contributed by atoms with E-state index in [0.29, 0.717) is 6.61 Å². The smallest absolute Gasteiger partial charge is 0.335 e. The molecule has 2 rings (SSSR count). The first-order chi connectivity index (χ1) is 12.8. The van der Waals surface area contributed by atoms with Crippen LogP contribution in [0.1, 0.15) is 12.7 Å². The maximum absolute atomic E-state index is 12.6. The van der Waals surface area contributed by atoms with Crippen molar-refractivity contribution in [1.29, 1.82) is 0 Å². The molecule has 146 valence electrons. The van der Waals surface area contributed by atoms with E-state index in [1.165, 1.54) is 26.4 Å². The van der Waals surface area contributed by atoms with Crippen LogP contribution in [0.25, 0.3) is 0 Å². The molecule has 0 saturated heterocycles. The first kappa shape index (κ1) is 20.2. The zero-order valence-electron chi connectivity index (χ0n) is 15.1. The van der Waals surface area contributed by atoms with Crippen LogP contribution in [0.2, 0.25) is 0 Å². The molecule has 0 saturated carbocycles. The fraction of sp³-hybridized carbons (Fsp3) is 0.333. The Morgan fingerprint density at radius 3 is 2.52 bits per heavy atom. The van der Waals surface area contributed by atoms with E-state index in [-0.39, 0.29) is 34.2 Å². The second-order valence-electron chi connectivity index (χ2n) is 4.97. The summed E-state index contributed by atoms with van der Waals surface area (Å²) in [6, 6.07) is 3.23. The first-order valence-corrected chi connectivity index (χ1v) is 9.19. The summed E-state index contributed by atoms with van der Waals surface area (Å²) in [5.74, 6) is 0.339. The van der Waals surface area contributed by atoms with Gasteiger partial charge in [-0.1, -0.05) is 6.07 Å². The normalized spacial score (nSPS) is 10.8. The SMILES string of the molecule is CCOc1cccc(S(=O)(=O)NC(=O)Nc2nc(C)nc(OC)n2)c1OC. The third kappa shape index (κ3) is 4.94. The predicted molar refractivity (Wildman–Crippen MR) is 94.6 cm³/mol. The number of sulfonamides is 1. The van der Waals surface area contributed by atoms with Gasteiger partial charge in [0, 0.05) is 0 Å². The summed E-state index contributed by atoms with van der Waals surface area (Å²) in [6.45, 7) is 3.62. The van der Waals surface area contributed by atoms with Crippen LogP contribution in [0.5, 0.6) is 17.5 Å². The van der Waals surface area contributed by atoms with Crippen LogP contribution < -0.4 is 24.2 Å². The number of amides is 2. The molecule has 1 aromatic carbocycles. The molecule has 1 aromatic heterocycles. The van der Waals surface area contributed by atoms with Crippen molar-refractivity contribution < 1.29 is 27.4 Å². The second-order valence-corrected chi connectivity index (χ2v) is 6.62. The molecular weight excluding hydrogens is 378 g/mol. The summed E-state index contributed by atoms with van der Waals surface area (Å²) in [4.78, 5) is 23.4. The van der Waals surface area contributed by atoms with Crippen molar-refractivity contribution in [2.24, 2.45) is 0 Å². The quantitative estimate of drug-likeness (QED) is 0.702. The van der Waals surface area contributed by atoms with Crippen LogP contribution in [0.4, 0.5) is 10.7 Å². The number of carbonyl (C=O) groups excluding carboxylic acids is 1. The number of benzene rings is 1. The number of para-hydroxylation sites is 1. The minimum Gasteiger partial charge on any atom is -0.492 e. The van der Waals surface area contributed by atoms with E-state index >= 15 is 0 Å². The summed E-state index contributed by atoms with van der Waals surface area (Å²) >= 11 is 0. The van der Waals surface area contributed by atoms with Crippen molar-refractivity contribution in [3.05, 3.63) is 24.0 Å². The molecule has 0 bridgehead atoms. The predicted octanol–water partition coefficient (Wildman–Crippen LogP) is 1.11. The molecule has 0 fully saturated rings. The van der Waals surface area contributed by atoms with Gasteiger partial charge in [0.2, 0.25) is 5.95 Å². The van der Waals surface area contributed by atoms with Gasteiger partial charge in [-0.15, -0.1) is 0 Å². The van der Waals surface area contributed by atoms with E-state index in [2.05, 4.69) is 20.3 Å². The molecule has 2 aromatic rings. The maximum atomic E-state index is 12.6. The molecule has 11 nitrogen and oxygen atoms in total. The molecule has 0 aliphatic heterocycles. The number of anilines is 1. The van der Waals surface area contributed by atoms with E-state index in [4.69, 9.17) is 14.2 Å². The topological polar surface area (TPSA) is 142 Å². The first-order valence-electron chi connectivity index (χ1n) is 7.71. The number of hydrogen-bond acceptors (Lipinski definition) is 9. The highest BCUT2D eigenvalue weighted by molar-refractivity contribution is 7.90. The van der Waals surface area contributed by atoms with Gasteiger partial charge in [0.15, 0.2) is 11.5 Å². The number of carbonyl (C=O) groups is 1. The highest BCUT2D eigenvalue weighted by Crippen LogP contribution is 2.33. The lowest BCUT2D eigenvalue weighted by Crippen LogP contribution is -2.35. The molecule has 1 heterocycles. The fourth-order valence-electron chi connectivity index (χ4n) is 2.09. The van der Waals surface area contributed by atoms with E-state index < -0.39 is 16.1 Å².